The van der Waals surface area contributed by atoms with E-state index in [4.69, 9.17) is 11.6 Å². The van der Waals surface area contributed by atoms with Gasteiger partial charge in [-0.05, 0) is 12.8 Å². The van der Waals surface area contributed by atoms with Crippen LogP contribution in [0.15, 0.2) is 0 Å². The molecule has 0 saturated carbocycles. The highest BCUT2D eigenvalue weighted by Crippen LogP contribution is 2.17. The second-order valence-corrected chi connectivity index (χ2v) is 14.7. The highest BCUT2D eigenvalue weighted by molar-refractivity contribution is 6.30. The van der Waals surface area contributed by atoms with Crippen molar-refractivity contribution in [2.45, 2.75) is 245 Å². The van der Waals surface area contributed by atoms with Crippen molar-refractivity contribution < 1.29 is 14.4 Å². The van der Waals surface area contributed by atoms with Crippen LogP contribution in [0.4, 0.5) is 0 Å². The van der Waals surface area contributed by atoms with E-state index >= 15 is 0 Å². The third-order valence-corrected chi connectivity index (χ3v) is 10.1. The van der Waals surface area contributed by atoms with Crippen LogP contribution in [-0.4, -0.2) is 28.5 Å². The third kappa shape index (κ3) is 32.1. The van der Waals surface area contributed by atoms with Crippen molar-refractivity contribution in [3.63, 3.8) is 0 Å². The lowest BCUT2D eigenvalue weighted by atomic mass is 10.0. The molecule has 0 aromatic rings. The van der Waals surface area contributed by atoms with Crippen molar-refractivity contribution in [3.05, 3.63) is 0 Å². The predicted molar refractivity (Wildman–Crippen MR) is 205 cm³/mol. The topological polar surface area (TPSA) is 54.5 Å². The van der Waals surface area contributed by atoms with Gasteiger partial charge in [0.2, 0.25) is 11.8 Å². The Bertz CT molecular complexity index is 647. The molecule has 0 aromatic heterocycles. The molecule has 0 radical (unpaired) electrons. The summed E-state index contributed by atoms with van der Waals surface area (Å²) >= 11 is 5.75. The predicted octanol–water partition coefficient (Wildman–Crippen LogP) is 14.2. The van der Waals surface area contributed by atoms with Crippen LogP contribution in [0, 0.1) is 0 Å². The minimum absolute atomic E-state index is 0.256. The number of amides is 3. The lowest BCUT2D eigenvalue weighted by molar-refractivity contribution is -0.153. The number of carbonyl (C=O) groups excluding carboxylic acids is 3. The number of hydrogen-bond donors (Lipinski definition) is 0. The lowest BCUT2D eigenvalue weighted by Crippen LogP contribution is -2.42. The molecule has 3 amide bonds. The molecule has 0 saturated heterocycles. The Morgan fingerprint density at radius 2 is 0.511 bits per heavy atom. The van der Waals surface area contributed by atoms with Crippen molar-refractivity contribution in [1.82, 2.24) is 4.90 Å². The van der Waals surface area contributed by atoms with Crippen LogP contribution >= 0.6 is 11.6 Å². The summed E-state index contributed by atoms with van der Waals surface area (Å²) < 4.78 is 0. The van der Waals surface area contributed by atoms with Gasteiger partial charge in [0.15, 0.2) is 0 Å². The molecule has 0 bridgehead atoms. The van der Waals surface area contributed by atoms with Gasteiger partial charge in [-0.1, -0.05) is 219 Å². The Labute approximate surface area is 298 Å². The van der Waals surface area contributed by atoms with Gasteiger partial charge >= 0.3 is 0 Å². The van der Waals surface area contributed by atoms with E-state index in [-0.39, 0.29) is 30.5 Å². The number of unbranched alkanes of at least 4 members (excludes halogenated alkanes) is 32. The fourth-order valence-electron chi connectivity index (χ4n) is 6.70. The summed E-state index contributed by atoms with van der Waals surface area (Å²) in [6, 6.07) is 0. The molecule has 0 unspecified atom stereocenters. The Balaban J connectivity index is 3.72. The van der Waals surface area contributed by atoms with Crippen LogP contribution in [0.3, 0.4) is 0 Å². The molecule has 47 heavy (non-hydrogen) atoms. The molecule has 0 rings (SSSR count). The Morgan fingerprint density at radius 3 is 0.702 bits per heavy atom. The van der Waals surface area contributed by atoms with Gasteiger partial charge in [0.1, 0.15) is 5.88 Å². The van der Waals surface area contributed by atoms with Crippen molar-refractivity contribution in [2.75, 3.05) is 5.88 Å². The fourth-order valence-corrected chi connectivity index (χ4v) is 6.82. The summed E-state index contributed by atoms with van der Waals surface area (Å²) in [7, 11) is 0. The molecule has 0 aliphatic rings. The molecule has 0 fully saturated rings. The molecule has 0 aromatic carbocycles. The van der Waals surface area contributed by atoms with E-state index in [0.29, 0.717) is 0 Å². The van der Waals surface area contributed by atoms with Crippen molar-refractivity contribution in [2.24, 2.45) is 0 Å². The number of alkyl halides is 1. The number of halogens is 1. The minimum atomic E-state index is -0.569. The van der Waals surface area contributed by atoms with E-state index in [9.17, 15) is 14.4 Å². The first-order valence-electron chi connectivity index (χ1n) is 21.0. The molecular weight excluding hydrogens is 602 g/mol. The molecule has 4 nitrogen and oxygen atoms in total. The Hall–Kier alpha value is -0.900. The third-order valence-electron chi connectivity index (χ3n) is 9.85. The van der Waals surface area contributed by atoms with E-state index in [2.05, 4.69) is 13.8 Å². The molecule has 0 aliphatic carbocycles. The van der Waals surface area contributed by atoms with Gasteiger partial charge in [0, 0.05) is 12.8 Å². The maximum Gasteiger partial charge on any atom is 0.250 e. The molecule has 0 heterocycles. The zero-order chi connectivity index (χ0) is 34.5. The van der Waals surface area contributed by atoms with E-state index in [0.717, 1.165) is 43.4 Å². The second kappa shape index (κ2) is 37.9. The first-order valence-corrected chi connectivity index (χ1v) is 21.6. The van der Waals surface area contributed by atoms with Gasteiger partial charge in [0.05, 0.1) is 0 Å². The van der Waals surface area contributed by atoms with Gasteiger partial charge in [-0.3, -0.25) is 14.4 Å². The quantitative estimate of drug-likeness (QED) is 0.0484. The summed E-state index contributed by atoms with van der Waals surface area (Å²) in [5.74, 6) is -1.63. The second-order valence-electron chi connectivity index (χ2n) is 14.5. The summed E-state index contributed by atoms with van der Waals surface area (Å²) in [5, 5.41) is 0. The maximum atomic E-state index is 12.8. The fraction of sp³-hybridized carbons (Fsp3) is 0.929. The van der Waals surface area contributed by atoms with Gasteiger partial charge in [-0.25, -0.2) is 4.90 Å². The number of imide groups is 3. The zero-order valence-electron chi connectivity index (χ0n) is 31.7. The molecule has 0 spiro atoms. The first kappa shape index (κ1) is 46.1. The highest BCUT2D eigenvalue weighted by atomic mass is 35.5. The standard InChI is InChI=1S/C42H80ClNO3/c1-3-5-7-9-11-13-15-17-19-21-23-25-27-29-31-33-35-37-40(45)44(42(47)39-43)41(46)38-36-34-32-30-28-26-24-22-20-18-16-14-12-10-8-6-4-2/h3-39H2,1-2H3. The van der Waals surface area contributed by atoms with Crippen molar-refractivity contribution >= 4 is 29.3 Å². The first-order chi connectivity index (χ1) is 23.1. The lowest BCUT2D eigenvalue weighted by Gasteiger charge is -2.18. The SMILES string of the molecule is CCCCCCCCCCCCCCCCCCCC(=O)N(C(=O)CCl)C(=O)CCCCCCCCCCCCCCCCCCC. The van der Waals surface area contributed by atoms with Crippen LogP contribution in [0.25, 0.3) is 0 Å². The minimum Gasteiger partial charge on any atom is -0.274 e. The largest absolute Gasteiger partial charge is 0.274 e. The van der Waals surface area contributed by atoms with E-state index in [1.165, 1.54) is 180 Å². The number of carbonyl (C=O) groups is 3. The Morgan fingerprint density at radius 1 is 0.319 bits per heavy atom. The molecule has 278 valence electrons. The molecule has 0 atom stereocenters. The smallest absolute Gasteiger partial charge is 0.250 e. The number of hydrogen-bond acceptors (Lipinski definition) is 3. The average molecular weight is 683 g/mol. The van der Waals surface area contributed by atoms with Gasteiger partial charge in [-0.15, -0.1) is 11.6 Å². The van der Waals surface area contributed by atoms with Crippen LogP contribution in [-0.2, 0) is 14.4 Å². The number of nitrogens with zero attached hydrogens (tertiary/aromatic N) is 1. The summed E-state index contributed by atoms with van der Waals surface area (Å²) in [6.07, 6.45) is 44.3. The van der Waals surface area contributed by atoms with E-state index in [1.54, 1.807) is 0 Å². The molecule has 5 heteroatoms. The zero-order valence-corrected chi connectivity index (χ0v) is 32.5. The Kier molecular flexibility index (Phi) is 37.2. The summed E-state index contributed by atoms with van der Waals surface area (Å²) in [4.78, 5) is 38.7. The van der Waals surface area contributed by atoms with Crippen LogP contribution < -0.4 is 0 Å². The van der Waals surface area contributed by atoms with E-state index in [1.807, 2.05) is 0 Å². The molecule has 0 N–H and O–H groups in total. The monoisotopic (exact) mass is 682 g/mol. The molecule has 0 aliphatic heterocycles. The highest BCUT2D eigenvalue weighted by Gasteiger charge is 2.26. The van der Waals surface area contributed by atoms with Gasteiger partial charge in [-0.2, -0.15) is 0 Å². The average Bonchev–Trinajstić information content (AvgIpc) is 3.07. The maximum absolute atomic E-state index is 12.8. The number of rotatable bonds is 37. The van der Waals surface area contributed by atoms with Crippen molar-refractivity contribution in [3.8, 4) is 0 Å². The summed E-state index contributed by atoms with van der Waals surface area (Å²) in [6.45, 7) is 4.55. The van der Waals surface area contributed by atoms with Crippen LogP contribution in [0.2, 0.25) is 0 Å². The van der Waals surface area contributed by atoms with Crippen molar-refractivity contribution in [1.29, 1.82) is 0 Å². The van der Waals surface area contributed by atoms with E-state index < -0.39 is 5.91 Å². The molecular formula is C42H80ClNO3. The normalized spacial score (nSPS) is 11.3. The van der Waals surface area contributed by atoms with Crippen LogP contribution in [0.1, 0.15) is 245 Å². The van der Waals surface area contributed by atoms with Crippen LogP contribution in [0.5, 0.6) is 0 Å². The summed E-state index contributed by atoms with van der Waals surface area (Å²) in [5.41, 5.74) is 0. The van der Waals surface area contributed by atoms with Gasteiger partial charge in [0.25, 0.3) is 5.91 Å². The van der Waals surface area contributed by atoms with Gasteiger partial charge < -0.3 is 0 Å².